The molecule has 3 rings (SSSR count). The van der Waals surface area contributed by atoms with E-state index in [1.54, 1.807) is 10.4 Å². The fourth-order valence-electron chi connectivity index (χ4n) is 2.79. The lowest BCUT2D eigenvalue weighted by Gasteiger charge is -2.34. The summed E-state index contributed by atoms with van der Waals surface area (Å²) in [5.41, 5.74) is 0.894. The fraction of sp³-hybridized carbons (Fsp3) is 0.500. The Morgan fingerprint density at radius 3 is 2.48 bits per heavy atom. The summed E-state index contributed by atoms with van der Waals surface area (Å²) in [5, 5.41) is 3.13. The third kappa shape index (κ3) is 3.94. The molecule has 1 saturated heterocycles. The summed E-state index contributed by atoms with van der Waals surface area (Å²) in [5.74, 6) is 1.45. The van der Waals surface area contributed by atoms with Crippen molar-refractivity contribution >= 4 is 33.1 Å². The summed E-state index contributed by atoms with van der Waals surface area (Å²) in [7, 11) is -3.39. The lowest BCUT2D eigenvalue weighted by atomic mass is 10.3. The van der Waals surface area contributed by atoms with Gasteiger partial charge >= 0.3 is 0 Å². The minimum absolute atomic E-state index is 0.422. The van der Waals surface area contributed by atoms with Crippen molar-refractivity contribution in [2.75, 3.05) is 42.9 Å². The molecule has 0 aliphatic carbocycles. The molecule has 1 aliphatic heterocycles. The molecule has 0 spiro atoms. The number of rotatable bonds is 5. The molecule has 0 atom stereocenters. The minimum Gasteiger partial charge on any atom is -0.354 e. The third-order valence-electron chi connectivity index (χ3n) is 4.05. The van der Waals surface area contributed by atoms with Crippen LogP contribution in [0.5, 0.6) is 0 Å². The van der Waals surface area contributed by atoms with Gasteiger partial charge in [-0.2, -0.15) is 9.29 Å². The summed E-state index contributed by atoms with van der Waals surface area (Å²) in [6.45, 7) is 8.76. The molecule has 0 saturated carbocycles. The van der Waals surface area contributed by atoms with Gasteiger partial charge in [0.25, 0.3) is 10.0 Å². The van der Waals surface area contributed by atoms with Gasteiger partial charge < -0.3 is 10.2 Å². The molecule has 2 aromatic rings. The Kier molecular flexibility index (Phi) is 5.26. The van der Waals surface area contributed by atoms with Gasteiger partial charge in [-0.05, 0) is 32.9 Å². The molecule has 1 N–H and O–H groups in total. The van der Waals surface area contributed by atoms with Crippen LogP contribution in [0, 0.1) is 13.8 Å². The maximum Gasteiger partial charge on any atom is 0.252 e. The van der Waals surface area contributed by atoms with E-state index in [4.69, 9.17) is 0 Å². The molecule has 0 radical (unpaired) electrons. The molecule has 9 heteroatoms. The number of aryl methyl sites for hydroxylation is 2. The molecular weight excluding hydrogens is 358 g/mol. The zero-order valence-electron chi connectivity index (χ0n) is 14.7. The van der Waals surface area contributed by atoms with Gasteiger partial charge in [0, 0.05) is 49.4 Å². The maximum atomic E-state index is 12.7. The molecule has 3 heterocycles. The van der Waals surface area contributed by atoms with Crippen molar-refractivity contribution in [1.82, 2.24) is 14.3 Å². The van der Waals surface area contributed by atoms with Crippen molar-refractivity contribution in [3.05, 3.63) is 28.8 Å². The standard InChI is InChI=1S/C16H23N5O2S2/c1-4-17-16-18-12(2)11-14(19-16)20-7-9-21(10-8-20)25(22,23)15-6-5-13(3)24-15/h5-6,11H,4,7-10H2,1-3H3,(H,17,18,19). The van der Waals surface area contributed by atoms with Crippen LogP contribution in [-0.2, 0) is 10.0 Å². The van der Waals surface area contributed by atoms with E-state index in [9.17, 15) is 8.42 Å². The Bertz CT molecular complexity index is 842. The van der Waals surface area contributed by atoms with E-state index in [2.05, 4.69) is 20.2 Å². The first kappa shape index (κ1) is 18.1. The van der Waals surface area contributed by atoms with E-state index >= 15 is 0 Å². The Hall–Kier alpha value is -1.71. The number of nitrogens with one attached hydrogen (secondary N) is 1. The van der Waals surface area contributed by atoms with Gasteiger partial charge in [-0.15, -0.1) is 11.3 Å². The molecule has 7 nitrogen and oxygen atoms in total. The van der Waals surface area contributed by atoms with Gasteiger partial charge in [0.2, 0.25) is 5.95 Å². The summed E-state index contributed by atoms with van der Waals surface area (Å²) >= 11 is 1.32. The van der Waals surface area contributed by atoms with Crippen LogP contribution >= 0.6 is 11.3 Å². The van der Waals surface area contributed by atoms with Crippen LogP contribution in [0.15, 0.2) is 22.4 Å². The summed E-state index contributed by atoms with van der Waals surface area (Å²) in [6, 6.07) is 5.48. The summed E-state index contributed by atoms with van der Waals surface area (Å²) in [4.78, 5) is 12.0. The molecular formula is C16H23N5O2S2. The van der Waals surface area contributed by atoms with Gasteiger partial charge in [0.1, 0.15) is 10.0 Å². The number of anilines is 2. The number of nitrogens with zero attached hydrogens (tertiary/aromatic N) is 4. The SMILES string of the molecule is CCNc1nc(C)cc(N2CCN(S(=O)(=O)c3ccc(C)s3)CC2)n1. The quantitative estimate of drug-likeness (QED) is 0.854. The highest BCUT2D eigenvalue weighted by molar-refractivity contribution is 7.91. The van der Waals surface area contributed by atoms with Crippen molar-refractivity contribution in [1.29, 1.82) is 0 Å². The number of hydrogen-bond donors (Lipinski definition) is 1. The van der Waals surface area contributed by atoms with E-state index < -0.39 is 10.0 Å². The lowest BCUT2D eigenvalue weighted by Crippen LogP contribution is -2.48. The van der Waals surface area contributed by atoms with Crippen molar-refractivity contribution in [3.63, 3.8) is 0 Å². The molecule has 1 aliphatic rings. The van der Waals surface area contributed by atoms with E-state index in [0.717, 1.165) is 22.9 Å². The van der Waals surface area contributed by atoms with Gasteiger partial charge in [-0.3, -0.25) is 0 Å². The molecule has 0 unspecified atom stereocenters. The van der Waals surface area contributed by atoms with Crippen LogP contribution in [0.1, 0.15) is 17.5 Å². The Labute approximate surface area is 152 Å². The number of aromatic nitrogens is 2. The van der Waals surface area contributed by atoms with E-state index in [1.165, 1.54) is 11.3 Å². The maximum absolute atomic E-state index is 12.7. The van der Waals surface area contributed by atoms with Crippen molar-refractivity contribution < 1.29 is 8.42 Å². The van der Waals surface area contributed by atoms with Crippen LogP contribution in [0.4, 0.5) is 11.8 Å². The number of piperazine rings is 1. The van der Waals surface area contributed by atoms with Gasteiger partial charge in [0.05, 0.1) is 0 Å². The zero-order chi connectivity index (χ0) is 18.0. The average molecular weight is 382 g/mol. The average Bonchev–Trinajstić information content (AvgIpc) is 3.02. The van der Waals surface area contributed by atoms with Gasteiger partial charge in [-0.25, -0.2) is 13.4 Å². The number of hydrogen-bond acceptors (Lipinski definition) is 7. The Balaban J connectivity index is 1.72. The predicted molar refractivity (Wildman–Crippen MR) is 101 cm³/mol. The topological polar surface area (TPSA) is 78.4 Å². The largest absolute Gasteiger partial charge is 0.354 e. The highest BCUT2D eigenvalue weighted by Gasteiger charge is 2.30. The highest BCUT2D eigenvalue weighted by atomic mass is 32.2. The lowest BCUT2D eigenvalue weighted by molar-refractivity contribution is 0.384. The molecule has 25 heavy (non-hydrogen) atoms. The predicted octanol–water partition coefficient (Wildman–Crippen LogP) is 2.10. The van der Waals surface area contributed by atoms with Crippen molar-refractivity contribution in [2.24, 2.45) is 0 Å². The van der Waals surface area contributed by atoms with Crippen LogP contribution in [0.2, 0.25) is 0 Å². The Morgan fingerprint density at radius 2 is 1.88 bits per heavy atom. The molecule has 136 valence electrons. The third-order valence-corrected chi connectivity index (χ3v) is 7.41. The smallest absolute Gasteiger partial charge is 0.252 e. The molecule has 1 fully saturated rings. The monoisotopic (exact) mass is 381 g/mol. The van der Waals surface area contributed by atoms with E-state index in [0.29, 0.717) is 36.3 Å². The molecule has 0 amide bonds. The van der Waals surface area contributed by atoms with Crippen LogP contribution in [0.3, 0.4) is 0 Å². The second-order valence-electron chi connectivity index (χ2n) is 5.98. The fourth-order valence-corrected chi connectivity index (χ4v) is 5.65. The van der Waals surface area contributed by atoms with Crippen LogP contribution in [-0.4, -0.2) is 55.4 Å². The van der Waals surface area contributed by atoms with Crippen LogP contribution in [0.25, 0.3) is 0 Å². The van der Waals surface area contributed by atoms with Crippen LogP contribution < -0.4 is 10.2 Å². The first-order valence-electron chi connectivity index (χ1n) is 8.31. The Morgan fingerprint density at radius 1 is 1.16 bits per heavy atom. The highest BCUT2D eigenvalue weighted by Crippen LogP contribution is 2.26. The van der Waals surface area contributed by atoms with Crippen molar-refractivity contribution in [3.8, 4) is 0 Å². The van der Waals surface area contributed by atoms with E-state index in [1.807, 2.05) is 32.9 Å². The second-order valence-corrected chi connectivity index (χ2v) is 9.43. The second kappa shape index (κ2) is 7.27. The van der Waals surface area contributed by atoms with E-state index in [-0.39, 0.29) is 0 Å². The zero-order valence-corrected chi connectivity index (χ0v) is 16.3. The number of sulfonamides is 1. The normalized spacial score (nSPS) is 16.2. The van der Waals surface area contributed by atoms with Crippen molar-refractivity contribution in [2.45, 2.75) is 25.0 Å². The van der Waals surface area contributed by atoms with Gasteiger partial charge in [-0.1, -0.05) is 0 Å². The van der Waals surface area contributed by atoms with Gasteiger partial charge in [0.15, 0.2) is 0 Å². The first-order chi connectivity index (χ1) is 11.9. The molecule has 0 aromatic carbocycles. The molecule has 2 aromatic heterocycles. The number of thiophene rings is 1. The summed E-state index contributed by atoms with van der Waals surface area (Å²) < 4.78 is 27.4. The first-order valence-corrected chi connectivity index (χ1v) is 10.6. The summed E-state index contributed by atoms with van der Waals surface area (Å²) in [6.07, 6.45) is 0. The molecule has 0 bridgehead atoms. The minimum atomic E-state index is -3.39.